The first-order valence-corrected chi connectivity index (χ1v) is 49.1. The highest BCUT2D eigenvalue weighted by molar-refractivity contribution is 14.1. The number of pyridine rings is 3. The van der Waals surface area contributed by atoms with Crippen LogP contribution < -0.4 is 72.4 Å². The van der Waals surface area contributed by atoms with E-state index in [4.69, 9.17) is 93.8 Å². The van der Waals surface area contributed by atoms with Crippen molar-refractivity contribution >= 4 is 188 Å². The van der Waals surface area contributed by atoms with E-state index in [1.165, 1.54) is 72.1 Å². The molecule has 0 atom stereocenters. The molecule has 20 rings (SSSR count). The number of carboxylic acid groups (broad SMARTS) is 2. The lowest BCUT2D eigenvalue weighted by Gasteiger charge is -2.30. The van der Waals surface area contributed by atoms with Crippen molar-refractivity contribution in [3.8, 4) is 90.9 Å². The van der Waals surface area contributed by atoms with E-state index >= 15 is 0 Å². The van der Waals surface area contributed by atoms with Gasteiger partial charge in [0.2, 0.25) is 20.4 Å². The number of nitrogens with two attached hydrogens (primary N) is 3. The van der Waals surface area contributed by atoms with Gasteiger partial charge in [-0.15, -0.1) is 0 Å². The third-order valence-corrected chi connectivity index (χ3v) is 29.0. The van der Waals surface area contributed by atoms with E-state index in [-0.39, 0.29) is 77.5 Å². The number of nitrogens with zero attached hydrogens (tertiary/aromatic N) is 11. The molecule has 0 unspecified atom stereocenters. The van der Waals surface area contributed by atoms with Gasteiger partial charge in [0.05, 0.1) is 27.7 Å². The summed E-state index contributed by atoms with van der Waals surface area (Å²) in [4.78, 5) is 84.6. The molecule has 39 heteroatoms. The number of halogens is 1. The zero-order chi connectivity index (χ0) is 98.2. The number of ether oxygens (including phenoxy) is 6. The number of aryl methyl sites for hydroxylation is 5. The van der Waals surface area contributed by atoms with E-state index in [0.29, 0.717) is 168 Å². The molecule has 0 spiro atoms. The number of nitrogen functional groups attached to an aromatic ring is 3. The van der Waals surface area contributed by atoms with Gasteiger partial charge in [-0.25, -0.2) is 39.5 Å². The Balaban J connectivity index is 0.000000147. The SMILES string of the molecule is CC(C)N(CCCn1c(Sc2cc3c(cc2I)OCO3)nc2c(N)nccc21)C(=S)Nc1ccc(-c2c3ccc(=O)cc-3oc3cc(O)ccc23)c(C(=O)O)c1.Cc1cc2c(cc1Sc1nc3c(N)nccc3n1CCCN(C(=S)Nc1ccc(-c3c4ccc(=O)cc-4oc4cc(O)ccc34)c(C(=O)O)c1)C(C)C)OCO2.Cc1cc2c(cc1Sc1nc3c(N)nccc3n1CCCNC(C)C)OCO2. The summed E-state index contributed by atoms with van der Waals surface area (Å²) < 4.78 is 52.8. The number of aromatic nitrogens is 9. The highest BCUT2D eigenvalue weighted by atomic mass is 127. The average Bonchev–Trinajstić information content (AvgIpc) is 1.56. The molecule has 33 nitrogen and oxygen atoms in total. The number of rotatable bonds is 27. The summed E-state index contributed by atoms with van der Waals surface area (Å²) in [6.07, 6.45) is 7.48. The summed E-state index contributed by atoms with van der Waals surface area (Å²) in [6.45, 7) is 21.4. The number of aromatic hydroxyl groups is 2. The number of carboxylic acids is 2. The normalized spacial score (nSPS) is 12.4. The summed E-state index contributed by atoms with van der Waals surface area (Å²) in [5, 5.41) is 55.7. The van der Waals surface area contributed by atoms with Crippen LogP contribution in [0.2, 0.25) is 0 Å². The van der Waals surface area contributed by atoms with Crippen molar-refractivity contribution in [1.29, 1.82) is 0 Å². The lowest BCUT2D eigenvalue weighted by atomic mass is 9.90. The summed E-state index contributed by atoms with van der Waals surface area (Å²) >= 11 is 18.8. The smallest absolute Gasteiger partial charge is 0.336 e. The average molecular weight is 2090 g/mol. The van der Waals surface area contributed by atoms with Gasteiger partial charge in [-0.3, -0.25) is 9.59 Å². The van der Waals surface area contributed by atoms with Crippen molar-refractivity contribution in [1.82, 2.24) is 58.7 Å². The van der Waals surface area contributed by atoms with Gasteiger partial charge in [-0.1, -0.05) is 61.3 Å². The molecule has 7 aromatic carbocycles. The third-order valence-electron chi connectivity index (χ3n) is 23.7. The minimum absolute atomic E-state index is 0.0183. The van der Waals surface area contributed by atoms with Gasteiger partial charge in [0.25, 0.3) is 0 Å². The fourth-order valence-electron chi connectivity index (χ4n) is 16.9. The molecular weight excluding hydrogens is 1990 g/mol. The number of fused-ring (bicyclic) bond motifs is 10. The number of carbonyl (C=O) groups is 2. The highest BCUT2D eigenvalue weighted by Gasteiger charge is 2.31. The lowest BCUT2D eigenvalue weighted by molar-refractivity contribution is 0.0687. The van der Waals surface area contributed by atoms with Gasteiger partial charge in [0, 0.05) is 156 Å². The fraction of sp³-hybridized carbons (Fsp3) is 0.228. The van der Waals surface area contributed by atoms with Crippen molar-refractivity contribution in [2.45, 2.75) is 143 Å². The number of hydrogen-bond acceptors (Lipinski definition) is 29. The maximum Gasteiger partial charge on any atom is 0.336 e. The Morgan fingerprint density at radius 2 is 0.829 bits per heavy atom. The van der Waals surface area contributed by atoms with Crippen LogP contribution in [0.3, 0.4) is 0 Å². The molecule has 0 fully saturated rings. The minimum atomic E-state index is -1.15. The van der Waals surface area contributed by atoms with Gasteiger partial charge < -0.3 is 114 Å². The molecular formula is C101H94IN17O16S5. The highest BCUT2D eigenvalue weighted by Crippen LogP contribution is 2.49. The van der Waals surface area contributed by atoms with Crippen LogP contribution in [0.15, 0.2) is 231 Å². The molecule has 0 saturated carbocycles. The molecule has 716 valence electrons. The van der Waals surface area contributed by atoms with Crippen LogP contribution in [0.1, 0.15) is 92.6 Å². The van der Waals surface area contributed by atoms with E-state index in [1.54, 1.807) is 91.0 Å². The number of hydrogen-bond donors (Lipinski definition) is 10. The number of anilines is 5. The first-order chi connectivity index (χ1) is 67.4. The van der Waals surface area contributed by atoms with E-state index in [0.717, 1.165) is 104 Å². The molecule has 6 aromatic heterocycles. The van der Waals surface area contributed by atoms with Gasteiger partial charge in [-0.05, 0) is 264 Å². The van der Waals surface area contributed by atoms with Crippen molar-refractivity contribution in [3.63, 3.8) is 0 Å². The summed E-state index contributed by atoms with van der Waals surface area (Å²) in [5.74, 6) is 3.75. The quantitative estimate of drug-likeness (QED) is 0.00989. The number of phenolic OH excluding ortho intramolecular Hbond substituents is 2. The van der Waals surface area contributed by atoms with Gasteiger partial charge in [0.15, 0.2) is 88.5 Å². The number of imidazole rings is 3. The van der Waals surface area contributed by atoms with Crippen LogP contribution in [-0.2, 0) is 19.6 Å². The third kappa shape index (κ3) is 20.3. The predicted molar refractivity (Wildman–Crippen MR) is 558 cm³/mol. The fourth-order valence-corrected chi connectivity index (χ4v) is 21.5. The number of nitrogens with one attached hydrogen (secondary N) is 3. The van der Waals surface area contributed by atoms with Crippen LogP contribution in [0.4, 0.5) is 28.8 Å². The zero-order valence-electron chi connectivity index (χ0n) is 76.8. The summed E-state index contributed by atoms with van der Waals surface area (Å²) in [5.41, 5.74) is 29.7. The predicted octanol–water partition coefficient (Wildman–Crippen LogP) is 19.8. The summed E-state index contributed by atoms with van der Waals surface area (Å²) in [6, 6.07) is 46.2. The first-order valence-electron chi connectivity index (χ1n) is 44.7. The van der Waals surface area contributed by atoms with E-state index in [1.807, 2.05) is 89.2 Å². The van der Waals surface area contributed by atoms with Crippen LogP contribution in [0, 0.1) is 17.4 Å². The maximum absolute atomic E-state index is 12.8. The standard InChI is InChI=1S/C41H36N6O7S2.C40H33IN6O7S2.C20H25N5O2S/c1-21(2)46(13-4-14-47-30-11-12-43-38(42)37(30)45-41(47)56-35-19-34-33(15-22(35)3)52-20-53-34)40(55)44-23-5-8-26(29(16-23)39(50)51)36-27-9-6-24(48)17-31(27)54-32-18-25(49)7-10-28(32)36;1-20(2)46(12-3-13-47-29-10-11-43-37(42)36(29)45-40(47)56-34-18-33-32(17-28(34)41)52-19-53-33)39(55)44-21-4-7-24(27(14-21)38(50)51)35-25-8-5-22(48)15-30(25)54-31-16-23(49)6-9-26(31)35;1-12(2)22-6-4-8-25-14-5-7-23-19(21)18(14)24-20(25)28-17-10-16-15(9-13(17)3)26-11-27-16/h5-12,15-19,21,48H,4,13-14,20H2,1-3H3,(H2,42,43)(H,44,55)(H,50,51);4-11,14-18,20,48H,3,12-13,19H2,1-2H3,(H2,42,43)(H,44,55)(H,50,51);5,7,9-10,12,22H,4,6,8,11H2,1-3H3,(H2,21,23). The van der Waals surface area contributed by atoms with Crippen molar-refractivity contribution in [3.05, 3.63) is 229 Å². The van der Waals surface area contributed by atoms with Crippen LogP contribution in [0.5, 0.6) is 46.0 Å². The molecule has 7 aliphatic rings. The van der Waals surface area contributed by atoms with Crippen molar-refractivity contribution < 1.29 is 67.3 Å². The molecule has 11 heterocycles. The largest absolute Gasteiger partial charge is 0.508 e. The van der Waals surface area contributed by atoms with Gasteiger partial charge in [-0.2, -0.15) is 0 Å². The molecule has 0 bridgehead atoms. The van der Waals surface area contributed by atoms with E-state index in [2.05, 4.69) is 97.8 Å². The van der Waals surface area contributed by atoms with Gasteiger partial charge >= 0.3 is 11.9 Å². The van der Waals surface area contributed by atoms with Crippen LogP contribution in [0.25, 0.3) is 99.9 Å². The van der Waals surface area contributed by atoms with E-state index < -0.39 is 11.9 Å². The molecule has 5 aliphatic heterocycles. The molecule has 140 heavy (non-hydrogen) atoms. The molecule has 13 N–H and O–H groups in total. The Kier molecular flexibility index (Phi) is 28.1. The van der Waals surface area contributed by atoms with E-state index in [9.17, 15) is 39.6 Å². The Hall–Kier alpha value is -14.4. The topological polar surface area (TPSA) is 444 Å². The van der Waals surface area contributed by atoms with Crippen molar-refractivity contribution in [2.24, 2.45) is 0 Å². The second kappa shape index (κ2) is 41.0. The molecule has 0 radical (unpaired) electrons. The first kappa shape index (κ1) is 95.9. The minimum Gasteiger partial charge on any atom is -0.508 e. The monoisotopic (exact) mass is 2090 g/mol. The Morgan fingerprint density at radius 1 is 0.464 bits per heavy atom. The van der Waals surface area contributed by atoms with Gasteiger partial charge in [0.1, 0.15) is 50.7 Å². The number of thiocarbonyl (C=S) groups is 2. The molecule has 0 saturated heterocycles. The Bertz CT molecular complexity index is 7450. The Labute approximate surface area is 838 Å². The maximum atomic E-state index is 12.8. The zero-order valence-corrected chi connectivity index (χ0v) is 83.0. The Morgan fingerprint density at radius 3 is 1.21 bits per heavy atom. The van der Waals surface area contributed by atoms with Crippen LogP contribution in [-0.4, -0.2) is 154 Å². The number of phenols is 2. The number of benzene rings is 9. The lowest BCUT2D eigenvalue weighted by Crippen LogP contribution is -2.40. The molecule has 13 aromatic rings. The second-order valence-electron chi connectivity index (χ2n) is 34.1. The van der Waals surface area contributed by atoms with Crippen molar-refractivity contribution in [2.75, 3.05) is 67.8 Å². The van der Waals surface area contributed by atoms with Crippen LogP contribution >= 0.6 is 82.3 Å². The second-order valence-corrected chi connectivity index (χ2v) is 39.0. The molecule has 0 amide bonds. The number of aromatic carboxylic acids is 2. The summed E-state index contributed by atoms with van der Waals surface area (Å²) in [7, 11) is 0. The molecule has 2 aliphatic carbocycles.